The Morgan fingerprint density at radius 1 is 1.23 bits per heavy atom. The van der Waals surface area contributed by atoms with Crippen LogP contribution in [0.5, 0.6) is 5.75 Å². The number of hydrogen-bond donors (Lipinski definition) is 2. The number of methoxy groups -OCH3 is 1. The summed E-state index contributed by atoms with van der Waals surface area (Å²) in [7, 11) is 0.362. The minimum absolute atomic E-state index is 0.0915. The van der Waals surface area contributed by atoms with Gasteiger partial charge in [-0.25, -0.2) is 17.5 Å². The van der Waals surface area contributed by atoms with Crippen molar-refractivity contribution in [1.82, 2.24) is 9.29 Å². The second-order valence-electron chi connectivity index (χ2n) is 5.36. The fraction of sp³-hybridized carbons (Fsp3) is 0.250. The molecule has 26 heavy (non-hydrogen) atoms. The molecule has 1 amide bonds. The lowest BCUT2D eigenvalue weighted by atomic mass is 10.3. The molecular formula is C16H19N3O6S. The number of H-pyrrole nitrogens is 1. The van der Waals surface area contributed by atoms with E-state index in [4.69, 9.17) is 9.47 Å². The molecule has 0 bridgehead atoms. The molecule has 2 N–H and O–H groups in total. The average Bonchev–Trinajstić information content (AvgIpc) is 3.14. The smallest absolute Gasteiger partial charge is 0.355 e. The Balaban J connectivity index is 2.09. The van der Waals surface area contributed by atoms with Crippen LogP contribution < -0.4 is 10.1 Å². The van der Waals surface area contributed by atoms with E-state index in [1.807, 2.05) is 0 Å². The summed E-state index contributed by atoms with van der Waals surface area (Å²) in [5, 5.41) is 2.48. The minimum Gasteiger partial charge on any atom is -0.495 e. The Bertz CT molecular complexity index is 891. The van der Waals surface area contributed by atoms with Crippen molar-refractivity contribution in [3.63, 3.8) is 0 Å². The zero-order valence-electron chi connectivity index (χ0n) is 14.5. The van der Waals surface area contributed by atoms with E-state index in [2.05, 4.69) is 10.3 Å². The zero-order valence-corrected chi connectivity index (χ0v) is 15.3. The Morgan fingerprint density at radius 2 is 1.96 bits per heavy atom. The number of esters is 1. The molecule has 0 aliphatic carbocycles. The molecule has 1 heterocycles. The molecule has 0 aliphatic heterocycles. The highest BCUT2D eigenvalue weighted by atomic mass is 32.2. The lowest BCUT2D eigenvalue weighted by Gasteiger charge is -2.16. The molecule has 1 aromatic heterocycles. The summed E-state index contributed by atoms with van der Waals surface area (Å²) in [4.78, 5) is 26.2. The predicted molar refractivity (Wildman–Crippen MR) is 93.6 cm³/mol. The molecular weight excluding hydrogens is 362 g/mol. The van der Waals surface area contributed by atoms with Crippen molar-refractivity contribution in [3.8, 4) is 5.75 Å². The molecule has 1 aromatic carbocycles. The van der Waals surface area contributed by atoms with E-state index in [-0.39, 0.29) is 22.0 Å². The summed E-state index contributed by atoms with van der Waals surface area (Å²) < 4.78 is 35.7. The molecule has 0 saturated heterocycles. The van der Waals surface area contributed by atoms with Crippen molar-refractivity contribution < 1.29 is 27.5 Å². The fourth-order valence-electron chi connectivity index (χ4n) is 2.02. The first-order valence-electron chi connectivity index (χ1n) is 7.46. The highest BCUT2D eigenvalue weighted by molar-refractivity contribution is 7.89. The number of aromatic amines is 1. The number of ether oxygens (including phenoxy) is 2. The van der Waals surface area contributed by atoms with E-state index in [0.29, 0.717) is 0 Å². The van der Waals surface area contributed by atoms with Crippen molar-refractivity contribution >= 4 is 27.6 Å². The van der Waals surface area contributed by atoms with Gasteiger partial charge in [-0.3, -0.25) is 4.79 Å². The largest absolute Gasteiger partial charge is 0.495 e. The number of hydrogen-bond acceptors (Lipinski definition) is 6. The predicted octanol–water partition coefficient (Wildman–Crippen LogP) is 1.07. The Hall–Kier alpha value is -2.85. The van der Waals surface area contributed by atoms with Crippen LogP contribution >= 0.6 is 0 Å². The van der Waals surface area contributed by atoms with E-state index in [1.54, 1.807) is 12.3 Å². The average molecular weight is 381 g/mol. The van der Waals surface area contributed by atoms with Gasteiger partial charge in [-0.1, -0.05) is 0 Å². The third-order valence-corrected chi connectivity index (χ3v) is 5.19. The first kappa shape index (κ1) is 19.5. The number of nitrogens with zero attached hydrogens (tertiary/aromatic N) is 1. The molecule has 0 atom stereocenters. The normalized spacial score (nSPS) is 11.2. The van der Waals surface area contributed by atoms with Crippen molar-refractivity contribution in [3.05, 3.63) is 42.2 Å². The number of nitrogens with one attached hydrogen (secondary N) is 2. The minimum atomic E-state index is -3.77. The molecule has 140 valence electrons. The summed E-state index contributed by atoms with van der Waals surface area (Å²) in [6.07, 6.45) is 1.56. The van der Waals surface area contributed by atoms with Gasteiger partial charge in [0.25, 0.3) is 5.91 Å². The van der Waals surface area contributed by atoms with Crippen LogP contribution in [0.3, 0.4) is 0 Å². The Kier molecular flexibility index (Phi) is 6.01. The van der Waals surface area contributed by atoms with Crippen molar-refractivity contribution in [2.45, 2.75) is 4.90 Å². The van der Waals surface area contributed by atoms with Crippen LogP contribution in [-0.4, -0.2) is 57.4 Å². The molecule has 0 saturated carbocycles. The highest BCUT2D eigenvalue weighted by Gasteiger charge is 2.23. The van der Waals surface area contributed by atoms with Gasteiger partial charge in [0.15, 0.2) is 6.61 Å². The summed E-state index contributed by atoms with van der Waals surface area (Å²) in [5.74, 6) is -1.13. The molecule has 0 fully saturated rings. The molecule has 2 aromatic rings. The molecule has 9 nitrogen and oxygen atoms in total. The molecule has 0 radical (unpaired) electrons. The van der Waals surface area contributed by atoms with Crippen molar-refractivity contribution in [2.75, 3.05) is 33.1 Å². The SMILES string of the molecule is COc1ccc(NC(=O)COC(=O)c2ccc[nH]2)cc1S(=O)(=O)N(C)C. The second kappa shape index (κ2) is 8.02. The van der Waals surface area contributed by atoms with Gasteiger partial charge in [0, 0.05) is 26.0 Å². The third-order valence-electron chi connectivity index (χ3n) is 3.36. The van der Waals surface area contributed by atoms with Gasteiger partial charge in [-0.15, -0.1) is 0 Å². The Labute approximate surface area is 151 Å². The maximum absolute atomic E-state index is 12.4. The summed E-state index contributed by atoms with van der Waals surface area (Å²) in [5.41, 5.74) is 0.453. The van der Waals surface area contributed by atoms with Crippen LogP contribution in [0.4, 0.5) is 5.69 Å². The topological polar surface area (TPSA) is 118 Å². The van der Waals surface area contributed by atoms with Gasteiger partial charge >= 0.3 is 5.97 Å². The van der Waals surface area contributed by atoms with E-state index in [9.17, 15) is 18.0 Å². The summed E-state index contributed by atoms with van der Waals surface area (Å²) >= 11 is 0. The van der Waals surface area contributed by atoms with E-state index in [1.165, 1.54) is 45.5 Å². The summed E-state index contributed by atoms with van der Waals surface area (Å²) in [6.45, 7) is -0.514. The summed E-state index contributed by atoms with van der Waals surface area (Å²) in [6, 6.07) is 7.33. The van der Waals surface area contributed by atoms with E-state index < -0.39 is 28.5 Å². The molecule has 10 heteroatoms. The van der Waals surface area contributed by atoms with Crippen LogP contribution in [-0.2, 0) is 19.6 Å². The van der Waals surface area contributed by atoms with Crippen LogP contribution in [0.15, 0.2) is 41.4 Å². The van der Waals surface area contributed by atoms with Gasteiger partial charge < -0.3 is 19.8 Å². The molecule has 0 unspecified atom stereocenters. The highest BCUT2D eigenvalue weighted by Crippen LogP contribution is 2.28. The molecule has 0 spiro atoms. The van der Waals surface area contributed by atoms with Crippen molar-refractivity contribution in [2.24, 2.45) is 0 Å². The number of sulfonamides is 1. The van der Waals surface area contributed by atoms with Gasteiger partial charge in [0.1, 0.15) is 16.3 Å². The zero-order chi connectivity index (χ0) is 19.3. The first-order chi connectivity index (χ1) is 12.3. The van der Waals surface area contributed by atoms with Crippen LogP contribution in [0, 0.1) is 0 Å². The van der Waals surface area contributed by atoms with Crippen LogP contribution in [0.25, 0.3) is 0 Å². The van der Waals surface area contributed by atoms with Gasteiger partial charge in [-0.05, 0) is 30.3 Å². The van der Waals surface area contributed by atoms with E-state index in [0.717, 1.165) is 4.31 Å². The number of carbonyl (C=O) groups is 2. The monoisotopic (exact) mass is 381 g/mol. The maximum atomic E-state index is 12.4. The molecule has 0 aliphatic rings. The number of anilines is 1. The maximum Gasteiger partial charge on any atom is 0.355 e. The number of rotatable bonds is 7. The Morgan fingerprint density at radius 3 is 2.54 bits per heavy atom. The first-order valence-corrected chi connectivity index (χ1v) is 8.90. The van der Waals surface area contributed by atoms with Gasteiger partial charge in [0.2, 0.25) is 10.0 Å². The quantitative estimate of drug-likeness (QED) is 0.693. The van der Waals surface area contributed by atoms with Crippen LogP contribution in [0.2, 0.25) is 0 Å². The lowest BCUT2D eigenvalue weighted by molar-refractivity contribution is -0.119. The fourth-order valence-corrected chi connectivity index (χ4v) is 3.09. The number of carbonyl (C=O) groups excluding carboxylic acids is 2. The number of amides is 1. The molecule has 2 rings (SSSR count). The standard InChI is InChI=1S/C16H19N3O6S/c1-19(2)26(22,23)14-9-11(6-7-13(14)24-3)18-15(20)10-25-16(21)12-5-4-8-17-12/h4-9,17H,10H2,1-3H3,(H,18,20). The van der Waals surface area contributed by atoms with Crippen LogP contribution in [0.1, 0.15) is 10.5 Å². The van der Waals surface area contributed by atoms with Crippen molar-refractivity contribution in [1.29, 1.82) is 0 Å². The second-order valence-corrected chi connectivity index (χ2v) is 7.48. The van der Waals surface area contributed by atoms with Gasteiger partial charge in [-0.2, -0.15) is 0 Å². The lowest BCUT2D eigenvalue weighted by Crippen LogP contribution is -2.24. The number of benzene rings is 1. The third kappa shape index (κ3) is 4.41. The van der Waals surface area contributed by atoms with E-state index >= 15 is 0 Å². The van der Waals surface area contributed by atoms with Gasteiger partial charge in [0.05, 0.1) is 7.11 Å². The number of aromatic nitrogens is 1.